The molecule has 0 heterocycles. The van der Waals surface area contributed by atoms with E-state index in [0.29, 0.717) is 5.56 Å². The smallest absolute Gasteiger partial charge is 0.292 e. The Kier molecular flexibility index (Phi) is 4.12. The van der Waals surface area contributed by atoms with Crippen LogP contribution in [-0.2, 0) is 9.78 Å². The number of halogens is 1. The second-order valence-electron chi connectivity index (χ2n) is 3.71. The number of carbonyl (C=O) groups excluding carboxylic acids is 1. The molecule has 0 radical (unpaired) electrons. The highest BCUT2D eigenvalue weighted by Crippen LogP contribution is 2.13. The standard InChI is InChI=1S/C11H13ClO3/c1-11(2,8-12)15-14-10(13)9-6-4-3-5-7-9/h3-7H,8H2,1-2H3. The third-order valence-electron chi connectivity index (χ3n) is 1.67. The quantitative estimate of drug-likeness (QED) is 0.452. The van der Waals surface area contributed by atoms with Crippen LogP contribution in [0.1, 0.15) is 24.2 Å². The van der Waals surface area contributed by atoms with Crippen molar-refractivity contribution in [1.82, 2.24) is 0 Å². The molecule has 0 fully saturated rings. The lowest BCUT2D eigenvalue weighted by atomic mass is 10.2. The van der Waals surface area contributed by atoms with Crippen LogP contribution in [-0.4, -0.2) is 17.5 Å². The number of benzene rings is 1. The van der Waals surface area contributed by atoms with E-state index in [1.54, 1.807) is 38.1 Å². The van der Waals surface area contributed by atoms with Gasteiger partial charge in [-0.2, -0.15) is 4.89 Å². The SMILES string of the molecule is CC(C)(CCl)OOC(=O)c1ccccc1. The number of rotatable bonds is 4. The average molecular weight is 229 g/mol. The molecule has 4 heteroatoms. The van der Waals surface area contributed by atoms with E-state index in [1.165, 1.54) is 0 Å². The van der Waals surface area contributed by atoms with Crippen LogP contribution in [0, 0.1) is 0 Å². The van der Waals surface area contributed by atoms with Crippen LogP contribution in [0.25, 0.3) is 0 Å². The van der Waals surface area contributed by atoms with Crippen molar-refractivity contribution < 1.29 is 14.6 Å². The van der Waals surface area contributed by atoms with Crippen LogP contribution >= 0.6 is 11.6 Å². The molecule has 0 aromatic heterocycles. The third-order valence-corrected chi connectivity index (χ3v) is 2.32. The van der Waals surface area contributed by atoms with E-state index in [9.17, 15) is 4.79 Å². The van der Waals surface area contributed by atoms with Crippen LogP contribution in [0.3, 0.4) is 0 Å². The summed E-state index contributed by atoms with van der Waals surface area (Å²) in [5.41, 5.74) is -0.228. The predicted octanol–water partition coefficient (Wildman–Crippen LogP) is 2.79. The summed E-state index contributed by atoms with van der Waals surface area (Å²) in [6.07, 6.45) is 0. The Hall–Kier alpha value is -1.06. The van der Waals surface area contributed by atoms with Gasteiger partial charge in [-0.25, -0.2) is 4.79 Å². The van der Waals surface area contributed by atoms with Gasteiger partial charge in [0.1, 0.15) is 5.60 Å². The maximum absolute atomic E-state index is 11.4. The number of hydrogen-bond donors (Lipinski definition) is 0. The summed E-state index contributed by atoms with van der Waals surface area (Å²) >= 11 is 5.61. The summed E-state index contributed by atoms with van der Waals surface area (Å²) in [4.78, 5) is 21.0. The Morgan fingerprint density at radius 3 is 2.47 bits per heavy atom. The molecule has 3 nitrogen and oxygen atoms in total. The monoisotopic (exact) mass is 228 g/mol. The highest BCUT2D eigenvalue weighted by atomic mass is 35.5. The van der Waals surface area contributed by atoms with Gasteiger partial charge in [-0.15, -0.1) is 11.6 Å². The van der Waals surface area contributed by atoms with E-state index in [1.807, 2.05) is 6.07 Å². The molecule has 1 rings (SSSR count). The zero-order valence-corrected chi connectivity index (χ0v) is 9.45. The Labute approximate surface area is 93.9 Å². The Morgan fingerprint density at radius 2 is 1.93 bits per heavy atom. The summed E-state index contributed by atoms with van der Waals surface area (Å²) in [7, 11) is 0. The van der Waals surface area contributed by atoms with Crippen molar-refractivity contribution >= 4 is 17.6 Å². The van der Waals surface area contributed by atoms with Crippen LogP contribution < -0.4 is 0 Å². The zero-order chi connectivity index (χ0) is 11.3. The summed E-state index contributed by atoms with van der Waals surface area (Å²) in [5.74, 6) is -0.275. The van der Waals surface area contributed by atoms with Gasteiger partial charge in [-0.3, -0.25) is 4.89 Å². The fourth-order valence-corrected chi connectivity index (χ4v) is 0.840. The molecule has 0 saturated heterocycles. The molecule has 0 aliphatic heterocycles. The van der Waals surface area contributed by atoms with Gasteiger partial charge in [0.2, 0.25) is 0 Å². The van der Waals surface area contributed by atoms with Gasteiger partial charge >= 0.3 is 5.97 Å². The molecule has 0 aliphatic carbocycles. The van der Waals surface area contributed by atoms with Crippen molar-refractivity contribution in [3.63, 3.8) is 0 Å². The van der Waals surface area contributed by atoms with Gasteiger partial charge < -0.3 is 0 Å². The second-order valence-corrected chi connectivity index (χ2v) is 3.98. The molecule has 0 N–H and O–H groups in total. The largest absolute Gasteiger partial charge is 0.373 e. The van der Waals surface area contributed by atoms with Gasteiger partial charge in [0.05, 0.1) is 11.4 Å². The first-order chi connectivity index (χ1) is 7.05. The maximum Gasteiger partial charge on any atom is 0.373 e. The minimum Gasteiger partial charge on any atom is -0.292 e. The van der Waals surface area contributed by atoms with Gasteiger partial charge in [-0.05, 0) is 26.0 Å². The van der Waals surface area contributed by atoms with Gasteiger partial charge in [0.25, 0.3) is 0 Å². The first kappa shape index (κ1) is 12.0. The highest BCUT2D eigenvalue weighted by molar-refractivity contribution is 6.18. The molecule has 0 aliphatic rings. The van der Waals surface area contributed by atoms with Crippen LogP contribution in [0.2, 0.25) is 0 Å². The first-order valence-electron chi connectivity index (χ1n) is 4.56. The maximum atomic E-state index is 11.4. The fourth-order valence-electron chi connectivity index (χ4n) is 0.795. The third kappa shape index (κ3) is 3.90. The van der Waals surface area contributed by atoms with E-state index in [-0.39, 0.29) is 5.88 Å². The van der Waals surface area contributed by atoms with Gasteiger partial charge in [0, 0.05) is 0 Å². The molecule has 0 bridgehead atoms. The summed E-state index contributed by atoms with van der Waals surface area (Å²) in [5, 5.41) is 0. The fraction of sp³-hybridized carbons (Fsp3) is 0.364. The Bertz CT molecular complexity index is 322. The van der Waals surface area contributed by atoms with E-state index < -0.39 is 11.6 Å². The van der Waals surface area contributed by atoms with Crippen LogP contribution in [0.15, 0.2) is 30.3 Å². The lowest BCUT2D eigenvalue weighted by Crippen LogP contribution is -2.28. The topological polar surface area (TPSA) is 35.5 Å². The highest BCUT2D eigenvalue weighted by Gasteiger charge is 2.21. The number of carbonyl (C=O) groups is 1. The molecular formula is C11H13ClO3. The normalized spacial score (nSPS) is 11.1. The summed E-state index contributed by atoms with van der Waals surface area (Å²) < 4.78 is 0. The number of hydrogen-bond acceptors (Lipinski definition) is 3. The van der Waals surface area contributed by atoms with Crippen molar-refractivity contribution in [2.75, 3.05) is 5.88 Å². The molecule has 0 amide bonds. The van der Waals surface area contributed by atoms with Crippen LogP contribution in [0.4, 0.5) is 0 Å². The summed E-state index contributed by atoms with van der Waals surface area (Å²) in [6.45, 7) is 3.47. The predicted molar refractivity (Wildman–Crippen MR) is 57.7 cm³/mol. The minimum atomic E-state index is -0.675. The molecule has 82 valence electrons. The number of alkyl halides is 1. The molecule has 0 atom stereocenters. The van der Waals surface area contributed by atoms with Gasteiger partial charge in [-0.1, -0.05) is 18.2 Å². The van der Waals surface area contributed by atoms with Crippen molar-refractivity contribution in [3.05, 3.63) is 35.9 Å². The Morgan fingerprint density at radius 1 is 1.33 bits per heavy atom. The Balaban J connectivity index is 2.51. The molecular weight excluding hydrogens is 216 g/mol. The van der Waals surface area contributed by atoms with Crippen molar-refractivity contribution in [3.8, 4) is 0 Å². The van der Waals surface area contributed by atoms with Gasteiger partial charge in [0.15, 0.2) is 0 Å². The molecule has 15 heavy (non-hydrogen) atoms. The van der Waals surface area contributed by atoms with E-state index >= 15 is 0 Å². The zero-order valence-electron chi connectivity index (χ0n) is 8.70. The average Bonchev–Trinajstić information content (AvgIpc) is 2.27. The van der Waals surface area contributed by atoms with Crippen molar-refractivity contribution in [2.45, 2.75) is 19.4 Å². The van der Waals surface area contributed by atoms with E-state index in [0.717, 1.165) is 0 Å². The lowest BCUT2D eigenvalue weighted by Gasteiger charge is -2.19. The van der Waals surface area contributed by atoms with Crippen LogP contribution in [0.5, 0.6) is 0 Å². The van der Waals surface area contributed by atoms with Crippen molar-refractivity contribution in [1.29, 1.82) is 0 Å². The minimum absolute atomic E-state index is 0.245. The van der Waals surface area contributed by atoms with E-state index in [4.69, 9.17) is 16.5 Å². The molecule has 0 saturated carbocycles. The molecule has 0 spiro atoms. The lowest BCUT2D eigenvalue weighted by molar-refractivity contribution is -0.300. The summed E-state index contributed by atoms with van der Waals surface area (Å²) in [6, 6.07) is 8.63. The first-order valence-corrected chi connectivity index (χ1v) is 5.10. The van der Waals surface area contributed by atoms with E-state index in [2.05, 4.69) is 4.89 Å². The molecule has 1 aromatic rings. The second kappa shape index (κ2) is 5.14. The van der Waals surface area contributed by atoms with Crippen molar-refractivity contribution in [2.24, 2.45) is 0 Å². The molecule has 1 aromatic carbocycles. The molecule has 0 unspecified atom stereocenters.